The summed E-state index contributed by atoms with van der Waals surface area (Å²) in [5.74, 6) is 0.579. The third kappa shape index (κ3) is 6.06. The maximum absolute atomic E-state index is 11.8. The van der Waals surface area contributed by atoms with Crippen LogP contribution in [0.2, 0.25) is 0 Å². The van der Waals surface area contributed by atoms with Crippen molar-refractivity contribution in [1.29, 1.82) is 0 Å². The van der Waals surface area contributed by atoms with Crippen LogP contribution in [0.5, 0.6) is 17.2 Å². The Morgan fingerprint density at radius 3 is 2.72 bits per heavy atom. The van der Waals surface area contributed by atoms with Gasteiger partial charge in [-0.1, -0.05) is 15.9 Å². The Labute approximate surface area is 162 Å². The first-order valence-corrected chi connectivity index (χ1v) is 8.93. The molecule has 0 heterocycles. The van der Waals surface area contributed by atoms with E-state index in [1.165, 1.54) is 12.3 Å². The lowest BCUT2D eigenvalue weighted by molar-refractivity contribution is -0.123. The third-order valence-corrected chi connectivity index (χ3v) is 4.05. The predicted molar refractivity (Wildman–Crippen MR) is 102 cm³/mol. The molecule has 0 spiro atoms. The highest BCUT2D eigenvalue weighted by Crippen LogP contribution is 2.28. The van der Waals surface area contributed by atoms with Crippen LogP contribution in [0.25, 0.3) is 0 Å². The van der Waals surface area contributed by atoms with E-state index >= 15 is 0 Å². The Bertz CT molecular complexity index is 781. The summed E-state index contributed by atoms with van der Waals surface area (Å²) in [6.45, 7) is 2.09. The van der Waals surface area contributed by atoms with Crippen molar-refractivity contribution in [2.24, 2.45) is 5.10 Å². The van der Waals surface area contributed by atoms with Gasteiger partial charge >= 0.3 is 0 Å². The minimum absolute atomic E-state index is 0.0523. The Morgan fingerprint density at radius 1 is 1.20 bits per heavy atom. The van der Waals surface area contributed by atoms with Crippen molar-refractivity contribution in [2.75, 3.05) is 13.2 Å². The number of nitrogens with one attached hydrogen (secondary N) is 1. The number of nitrogens with zero attached hydrogens (tertiary/aromatic N) is 1. The molecule has 0 aromatic heterocycles. The number of rotatable bonds is 7. The molecule has 0 saturated heterocycles. The zero-order chi connectivity index (χ0) is 18.2. The van der Waals surface area contributed by atoms with Crippen LogP contribution in [-0.2, 0) is 4.79 Å². The molecule has 6 nitrogen and oxygen atoms in total. The molecule has 0 saturated carbocycles. The summed E-state index contributed by atoms with van der Waals surface area (Å²) in [5, 5.41) is 13.5. The van der Waals surface area contributed by atoms with Gasteiger partial charge in [-0.3, -0.25) is 4.79 Å². The summed E-state index contributed by atoms with van der Waals surface area (Å²) in [6, 6.07) is 10.2. The summed E-state index contributed by atoms with van der Waals surface area (Å²) < 4.78 is 12.3. The van der Waals surface area contributed by atoms with Gasteiger partial charge in [0.25, 0.3) is 5.91 Å². The van der Waals surface area contributed by atoms with Crippen molar-refractivity contribution < 1.29 is 19.4 Å². The number of hydrogen-bond acceptors (Lipinski definition) is 5. The molecule has 25 heavy (non-hydrogen) atoms. The van der Waals surface area contributed by atoms with Gasteiger partial charge in [0.05, 0.1) is 17.3 Å². The van der Waals surface area contributed by atoms with Crippen LogP contribution < -0.4 is 14.9 Å². The monoisotopic (exact) mass is 470 g/mol. The molecule has 1 amide bonds. The first-order chi connectivity index (χ1) is 12.0. The standard InChI is InChI=1S/C17H16Br2N2O4/c1-2-24-16-7-11(3-5-14(16)22)9-20-21-17(23)10-25-15-6-4-12(18)8-13(15)19/h3-9,22H,2,10H2,1H3,(H,21,23). The lowest BCUT2D eigenvalue weighted by Gasteiger charge is -2.07. The van der Waals surface area contributed by atoms with E-state index < -0.39 is 5.91 Å². The van der Waals surface area contributed by atoms with Crippen molar-refractivity contribution >= 4 is 44.0 Å². The number of phenolic OH excluding ortho intramolecular Hbond substituents is 1. The smallest absolute Gasteiger partial charge is 0.277 e. The molecule has 0 unspecified atom stereocenters. The van der Waals surface area contributed by atoms with E-state index in [0.717, 1.165) is 8.95 Å². The predicted octanol–water partition coefficient (Wildman–Crippen LogP) is 3.85. The molecule has 0 aliphatic heterocycles. The zero-order valence-electron chi connectivity index (χ0n) is 13.3. The molecule has 0 bridgehead atoms. The number of phenols is 1. The van der Waals surface area contributed by atoms with Gasteiger partial charge in [0.1, 0.15) is 5.75 Å². The van der Waals surface area contributed by atoms with Gasteiger partial charge < -0.3 is 14.6 Å². The molecule has 0 aliphatic rings. The number of aromatic hydroxyl groups is 1. The number of halogens is 2. The summed E-state index contributed by atoms with van der Waals surface area (Å²) in [6.07, 6.45) is 1.45. The average Bonchev–Trinajstić information content (AvgIpc) is 2.57. The number of hydrazone groups is 1. The van der Waals surface area contributed by atoms with Crippen LogP contribution in [0.1, 0.15) is 12.5 Å². The van der Waals surface area contributed by atoms with Crippen molar-refractivity contribution in [3.8, 4) is 17.2 Å². The third-order valence-electron chi connectivity index (χ3n) is 2.94. The molecule has 2 rings (SSSR count). The highest BCUT2D eigenvalue weighted by atomic mass is 79.9. The van der Waals surface area contributed by atoms with Gasteiger partial charge in [-0.15, -0.1) is 0 Å². The molecule has 0 atom stereocenters. The number of carbonyl (C=O) groups excluding carboxylic acids is 1. The number of carbonyl (C=O) groups is 1. The maximum Gasteiger partial charge on any atom is 0.277 e. The number of ether oxygens (including phenoxy) is 2. The van der Waals surface area contributed by atoms with E-state index in [1.807, 2.05) is 19.1 Å². The van der Waals surface area contributed by atoms with Crippen molar-refractivity contribution in [1.82, 2.24) is 5.43 Å². The molecule has 2 aromatic rings. The van der Waals surface area contributed by atoms with Gasteiger partial charge in [-0.05, 0) is 64.8 Å². The summed E-state index contributed by atoms with van der Waals surface area (Å²) >= 11 is 6.70. The lowest BCUT2D eigenvalue weighted by Crippen LogP contribution is -2.24. The summed E-state index contributed by atoms with van der Waals surface area (Å²) in [4.78, 5) is 11.8. The SMILES string of the molecule is CCOc1cc(C=NNC(=O)COc2ccc(Br)cc2Br)ccc1O. The maximum atomic E-state index is 11.8. The Balaban J connectivity index is 1.87. The Kier molecular flexibility index (Phi) is 7.27. The van der Waals surface area contributed by atoms with E-state index in [9.17, 15) is 9.90 Å². The lowest BCUT2D eigenvalue weighted by atomic mass is 10.2. The number of hydrogen-bond donors (Lipinski definition) is 2. The molecule has 2 N–H and O–H groups in total. The van der Waals surface area contributed by atoms with Crippen LogP contribution in [0, 0.1) is 0 Å². The highest BCUT2D eigenvalue weighted by molar-refractivity contribution is 9.11. The Hall–Kier alpha value is -2.06. The van der Waals surface area contributed by atoms with Crippen LogP contribution in [0.15, 0.2) is 50.4 Å². The van der Waals surface area contributed by atoms with E-state index in [1.54, 1.807) is 18.2 Å². The Morgan fingerprint density at radius 2 is 2.00 bits per heavy atom. The minimum atomic E-state index is -0.394. The summed E-state index contributed by atoms with van der Waals surface area (Å²) in [5.41, 5.74) is 3.05. The fourth-order valence-electron chi connectivity index (χ4n) is 1.83. The quantitative estimate of drug-likeness (QED) is 0.474. The van der Waals surface area contributed by atoms with Crippen LogP contribution in [-0.4, -0.2) is 30.4 Å². The van der Waals surface area contributed by atoms with Crippen molar-refractivity contribution in [3.63, 3.8) is 0 Å². The van der Waals surface area contributed by atoms with Gasteiger partial charge in [-0.2, -0.15) is 5.10 Å². The second-order valence-electron chi connectivity index (χ2n) is 4.82. The minimum Gasteiger partial charge on any atom is -0.504 e. The number of benzene rings is 2. The fourth-order valence-corrected chi connectivity index (χ4v) is 2.99. The van der Waals surface area contributed by atoms with Gasteiger partial charge in [0, 0.05) is 4.47 Å². The second-order valence-corrected chi connectivity index (χ2v) is 6.59. The highest BCUT2D eigenvalue weighted by Gasteiger charge is 2.06. The normalized spacial score (nSPS) is 10.7. The first kappa shape index (κ1) is 19.3. The van der Waals surface area contributed by atoms with Crippen LogP contribution >= 0.6 is 31.9 Å². The summed E-state index contributed by atoms with van der Waals surface area (Å²) in [7, 11) is 0. The number of amides is 1. The van der Waals surface area contributed by atoms with Crippen molar-refractivity contribution in [3.05, 3.63) is 50.9 Å². The molecule has 0 aliphatic carbocycles. The topological polar surface area (TPSA) is 80.2 Å². The fraction of sp³-hybridized carbons (Fsp3) is 0.176. The van der Waals surface area contributed by atoms with E-state index in [0.29, 0.717) is 23.7 Å². The van der Waals surface area contributed by atoms with E-state index in [2.05, 4.69) is 42.4 Å². The van der Waals surface area contributed by atoms with Crippen molar-refractivity contribution in [2.45, 2.75) is 6.92 Å². The van der Waals surface area contributed by atoms with Gasteiger partial charge in [-0.25, -0.2) is 5.43 Å². The van der Waals surface area contributed by atoms with Crippen LogP contribution in [0.3, 0.4) is 0 Å². The molecule has 0 radical (unpaired) electrons. The van der Waals surface area contributed by atoms with Crippen LogP contribution in [0.4, 0.5) is 0 Å². The largest absolute Gasteiger partial charge is 0.504 e. The van der Waals surface area contributed by atoms with E-state index in [-0.39, 0.29) is 12.4 Å². The molecule has 8 heteroatoms. The molecule has 0 fully saturated rings. The van der Waals surface area contributed by atoms with Gasteiger partial charge in [0.15, 0.2) is 18.1 Å². The molecule has 2 aromatic carbocycles. The van der Waals surface area contributed by atoms with E-state index in [4.69, 9.17) is 9.47 Å². The molecule has 132 valence electrons. The first-order valence-electron chi connectivity index (χ1n) is 7.35. The van der Waals surface area contributed by atoms with Gasteiger partial charge in [0.2, 0.25) is 0 Å². The molecular formula is C17H16Br2N2O4. The zero-order valence-corrected chi connectivity index (χ0v) is 16.5. The average molecular weight is 472 g/mol. The second kappa shape index (κ2) is 9.43. The molecular weight excluding hydrogens is 456 g/mol.